The molecule has 0 saturated carbocycles. The van der Waals surface area contributed by atoms with Crippen molar-refractivity contribution in [3.63, 3.8) is 0 Å². The molecular formula is C12H8Cl2O2. The lowest BCUT2D eigenvalue weighted by Gasteiger charge is -2.01. The second-order valence-corrected chi connectivity index (χ2v) is 4.21. The molecule has 0 spiro atoms. The van der Waals surface area contributed by atoms with Crippen molar-refractivity contribution in [1.29, 1.82) is 0 Å². The van der Waals surface area contributed by atoms with Crippen molar-refractivity contribution in [3.05, 3.63) is 57.5 Å². The van der Waals surface area contributed by atoms with Crippen molar-refractivity contribution in [2.75, 3.05) is 0 Å². The third kappa shape index (κ3) is 1.99. The van der Waals surface area contributed by atoms with Gasteiger partial charge in [0.2, 0.25) is 5.78 Å². The topological polar surface area (TPSA) is 30.2 Å². The fraction of sp³-hybridized carbons (Fsp3) is 0.0833. The minimum Gasteiger partial charge on any atom is -0.461 e. The fourth-order valence-corrected chi connectivity index (χ4v) is 1.67. The van der Waals surface area contributed by atoms with Crippen LogP contribution in [0, 0.1) is 6.92 Å². The first kappa shape index (κ1) is 11.2. The zero-order chi connectivity index (χ0) is 11.7. The second kappa shape index (κ2) is 4.32. The number of carbonyl (C=O) groups excluding carboxylic acids is 1. The third-order valence-electron chi connectivity index (χ3n) is 2.25. The standard InChI is InChI=1S/C12H8Cl2O2/c1-7-4-5-16-12(7)11(15)8-2-3-9(13)10(14)6-8/h2-6H,1H3. The summed E-state index contributed by atoms with van der Waals surface area (Å²) in [7, 11) is 0. The van der Waals surface area contributed by atoms with E-state index >= 15 is 0 Å². The molecule has 0 fully saturated rings. The average Bonchev–Trinajstić information content (AvgIpc) is 2.67. The van der Waals surface area contributed by atoms with E-state index in [0.717, 1.165) is 5.56 Å². The van der Waals surface area contributed by atoms with Crippen LogP contribution in [0.5, 0.6) is 0 Å². The van der Waals surface area contributed by atoms with E-state index in [1.807, 2.05) is 6.92 Å². The van der Waals surface area contributed by atoms with Gasteiger partial charge in [0.15, 0.2) is 5.76 Å². The molecule has 2 rings (SSSR count). The lowest BCUT2D eigenvalue weighted by atomic mass is 10.1. The first-order valence-electron chi connectivity index (χ1n) is 4.63. The molecule has 0 aliphatic carbocycles. The van der Waals surface area contributed by atoms with Gasteiger partial charge in [0.25, 0.3) is 0 Å². The molecule has 0 radical (unpaired) electrons. The molecule has 0 bridgehead atoms. The van der Waals surface area contributed by atoms with Gasteiger partial charge < -0.3 is 4.42 Å². The number of hydrogen-bond acceptors (Lipinski definition) is 2. The van der Waals surface area contributed by atoms with Crippen LogP contribution < -0.4 is 0 Å². The molecule has 2 nitrogen and oxygen atoms in total. The first-order valence-corrected chi connectivity index (χ1v) is 5.39. The Kier molecular flexibility index (Phi) is 3.03. The number of furan rings is 1. The Morgan fingerprint density at radius 2 is 1.94 bits per heavy atom. The van der Waals surface area contributed by atoms with Crippen LogP contribution in [0.15, 0.2) is 34.9 Å². The third-order valence-corrected chi connectivity index (χ3v) is 2.99. The van der Waals surface area contributed by atoms with Gasteiger partial charge in [-0.3, -0.25) is 4.79 Å². The Morgan fingerprint density at radius 1 is 1.19 bits per heavy atom. The zero-order valence-electron chi connectivity index (χ0n) is 8.46. The van der Waals surface area contributed by atoms with Crippen LogP contribution in [0.3, 0.4) is 0 Å². The average molecular weight is 255 g/mol. The summed E-state index contributed by atoms with van der Waals surface area (Å²) in [6.07, 6.45) is 1.49. The molecule has 2 aromatic rings. The van der Waals surface area contributed by atoms with Crippen LogP contribution in [0.25, 0.3) is 0 Å². The summed E-state index contributed by atoms with van der Waals surface area (Å²) in [4.78, 5) is 12.0. The number of carbonyl (C=O) groups is 1. The second-order valence-electron chi connectivity index (χ2n) is 3.39. The Balaban J connectivity index is 2.42. The molecule has 0 amide bonds. The largest absolute Gasteiger partial charge is 0.461 e. The number of halogens is 2. The van der Waals surface area contributed by atoms with Crippen LogP contribution >= 0.6 is 23.2 Å². The van der Waals surface area contributed by atoms with Gasteiger partial charge in [-0.05, 0) is 36.8 Å². The molecule has 4 heteroatoms. The normalized spacial score (nSPS) is 10.4. The van der Waals surface area contributed by atoms with E-state index in [1.165, 1.54) is 12.3 Å². The Morgan fingerprint density at radius 3 is 2.50 bits per heavy atom. The highest BCUT2D eigenvalue weighted by Crippen LogP contribution is 2.24. The summed E-state index contributed by atoms with van der Waals surface area (Å²) < 4.78 is 5.12. The van der Waals surface area contributed by atoms with E-state index in [2.05, 4.69) is 0 Å². The molecule has 0 unspecified atom stereocenters. The number of aryl methyl sites for hydroxylation is 1. The first-order chi connectivity index (χ1) is 7.59. The summed E-state index contributed by atoms with van der Waals surface area (Å²) in [6.45, 7) is 1.81. The van der Waals surface area contributed by atoms with Gasteiger partial charge in [0.1, 0.15) is 0 Å². The Labute approximate surface area is 103 Å². The van der Waals surface area contributed by atoms with Gasteiger partial charge >= 0.3 is 0 Å². The van der Waals surface area contributed by atoms with Gasteiger partial charge in [0, 0.05) is 5.56 Å². The van der Waals surface area contributed by atoms with E-state index in [4.69, 9.17) is 27.6 Å². The molecule has 0 aliphatic rings. The summed E-state index contributed by atoms with van der Waals surface area (Å²) in [5.74, 6) is 0.138. The van der Waals surface area contributed by atoms with Gasteiger partial charge in [-0.25, -0.2) is 0 Å². The van der Waals surface area contributed by atoms with Crippen LogP contribution in [0.2, 0.25) is 10.0 Å². The van der Waals surface area contributed by atoms with Crippen molar-refractivity contribution >= 4 is 29.0 Å². The minimum atomic E-state index is -0.193. The lowest BCUT2D eigenvalue weighted by Crippen LogP contribution is -2.01. The number of hydrogen-bond donors (Lipinski definition) is 0. The zero-order valence-corrected chi connectivity index (χ0v) is 9.97. The Hall–Kier alpha value is -1.25. The number of ketones is 1. The molecule has 0 saturated heterocycles. The maximum atomic E-state index is 12.0. The summed E-state index contributed by atoms with van der Waals surface area (Å²) in [5.41, 5.74) is 1.27. The van der Waals surface area contributed by atoms with E-state index < -0.39 is 0 Å². The van der Waals surface area contributed by atoms with Crippen molar-refractivity contribution in [2.24, 2.45) is 0 Å². The van der Waals surface area contributed by atoms with Crippen LogP contribution in [-0.2, 0) is 0 Å². The molecular weight excluding hydrogens is 247 g/mol. The number of rotatable bonds is 2. The van der Waals surface area contributed by atoms with Crippen molar-refractivity contribution in [3.8, 4) is 0 Å². The monoisotopic (exact) mass is 254 g/mol. The molecule has 1 aromatic carbocycles. The van der Waals surface area contributed by atoms with Gasteiger partial charge in [-0.15, -0.1) is 0 Å². The van der Waals surface area contributed by atoms with Gasteiger partial charge in [-0.2, -0.15) is 0 Å². The Bertz CT molecular complexity index is 544. The molecule has 82 valence electrons. The maximum Gasteiger partial charge on any atom is 0.228 e. The van der Waals surface area contributed by atoms with E-state index in [-0.39, 0.29) is 5.78 Å². The molecule has 0 aliphatic heterocycles. The van der Waals surface area contributed by atoms with Crippen LogP contribution in [0.4, 0.5) is 0 Å². The molecule has 0 N–H and O–H groups in total. The predicted octanol–water partition coefficient (Wildman–Crippen LogP) is 4.13. The molecule has 1 heterocycles. The number of benzene rings is 1. The van der Waals surface area contributed by atoms with Crippen LogP contribution in [-0.4, -0.2) is 5.78 Å². The highest BCUT2D eigenvalue weighted by molar-refractivity contribution is 6.42. The van der Waals surface area contributed by atoms with Crippen LogP contribution in [0.1, 0.15) is 21.7 Å². The quantitative estimate of drug-likeness (QED) is 0.755. The van der Waals surface area contributed by atoms with Crippen molar-refractivity contribution < 1.29 is 9.21 Å². The minimum absolute atomic E-state index is 0.193. The van der Waals surface area contributed by atoms with Gasteiger partial charge in [-0.1, -0.05) is 23.2 Å². The fourth-order valence-electron chi connectivity index (χ4n) is 1.37. The molecule has 1 aromatic heterocycles. The predicted molar refractivity (Wildman–Crippen MR) is 63.3 cm³/mol. The molecule has 16 heavy (non-hydrogen) atoms. The maximum absolute atomic E-state index is 12.0. The van der Waals surface area contributed by atoms with Gasteiger partial charge in [0.05, 0.1) is 16.3 Å². The summed E-state index contributed by atoms with van der Waals surface area (Å²) in [5, 5.41) is 0.783. The van der Waals surface area contributed by atoms with E-state index in [0.29, 0.717) is 21.4 Å². The summed E-state index contributed by atoms with van der Waals surface area (Å²) >= 11 is 11.6. The van der Waals surface area contributed by atoms with E-state index in [1.54, 1.807) is 18.2 Å². The SMILES string of the molecule is Cc1ccoc1C(=O)c1ccc(Cl)c(Cl)c1. The highest BCUT2D eigenvalue weighted by Gasteiger charge is 2.15. The van der Waals surface area contributed by atoms with E-state index in [9.17, 15) is 4.79 Å². The van der Waals surface area contributed by atoms with Crippen molar-refractivity contribution in [1.82, 2.24) is 0 Å². The lowest BCUT2D eigenvalue weighted by molar-refractivity contribution is 0.101. The highest BCUT2D eigenvalue weighted by atomic mass is 35.5. The molecule has 0 atom stereocenters. The van der Waals surface area contributed by atoms with Crippen molar-refractivity contribution in [2.45, 2.75) is 6.92 Å². The smallest absolute Gasteiger partial charge is 0.228 e. The summed E-state index contributed by atoms with van der Waals surface area (Å²) in [6, 6.07) is 6.49.